The SMILES string of the molecule is CC(=O)O[C@@]12CC[C@H](N(CC(C)C)C(=O)C#Cc3ccccc3)[C@@H]3Oc4c(O)ccc5c4[C@@]31CCN(CCc1ccccc1)[C@@H]2C5. The highest BCUT2D eigenvalue weighted by Gasteiger charge is 2.75. The van der Waals surface area contributed by atoms with Crippen LogP contribution in [0.2, 0.25) is 0 Å². The maximum Gasteiger partial charge on any atom is 0.303 e. The van der Waals surface area contributed by atoms with Crippen molar-refractivity contribution < 1.29 is 24.2 Å². The van der Waals surface area contributed by atoms with E-state index in [4.69, 9.17) is 9.47 Å². The van der Waals surface area contributed by atoms with Crippen LogP contribution in [0.1, 0.15) is 62.3 Å². The highest BCUT2D eigenvalue weighted by molar-refractivity contribution is 5.94. The number of aromatic hydroxyl groups is 1. The molecule has 7 nitrogen and oxygen atoms in total. The van der Waals surface area contributed by atoms with E-state index in [2.05, 4.69) is 54.9 Å². The van der Waals surface area contributed by atoms with Crippen molar-refractivity contribution in [2.24, 2.45) is 5.92 Å². The molecule has 46 heavy (non-hydrogen) atoms. The zero-order valence-electron chi connectivity index (χ0n) is 26.9. The largest absolute Gasteiger partial charge is 0.504 e. The number of piperidine rings is 1. The second-order valence-corrected chi connectivity index (χ2v) is 13.8. The third kappa shape index (κ3) is 4.86. The molecule has 3 aromatic carbocycles. The Morgan fingerprint density at radius 2 is 1.80 bits per heavy atom. The van der Waals surface area contributed by atoms with Gasteiger partial charge in [0.05, 0.1) is 17.5 Å². The molecule has 0 radical (unpaired) electrons. The predicted molar refractivity (Wildman–Crippen MR) is 175 cm³/mol. The molecule has 1 saturated carbocycles. The van der Waals surface area contributed by atoms with Gasteiger partial charge in [-0.3, -0.25) is 14.5 Å². The van der Waals surface area contributed by atoms with Gasteiger partial charge < -0.3 is 19.5 Å². The van der Waals surface area contributed by atoms with Crippen molar-refractivity contribution in [2.45, 2.75) is 82.1 Å². The maximum atomic E-state index is 14.0. The molecule has 7 heteroatoms. The van der Waals surface area contributed by atoms with Crippen LogP contribution in [-0.2, 0) is 32.6 Å². The third-order valence-corrected chi connectivity index (χ3v) is 10.7. The lowest BCUT2D eigenvalue weighted by Gasteiger charge is -2.65. The van der Waals surface area contributed by atoms with E-state index >= 15 is 0 Å². The summed E-state index contributed by atoms with van der Waals surface area (Å²) in [5, 5.41) is 11.2. The van der Waals surface area contributed by atoms with Crippen molar-refractivity contribution in [2.75, 3.05) is 19.6 Å². The Labute approximate surface area is 271 Å². The number of amides is 1. The van der Waals surface area contributed by atoms with Gasteiger partial charge in [0, 0.05) is 37.1 Å². The number of hydrogen-bond donors (Lipinski definition) is 1. The molecule has 1 spiro atoms. The van der Waals surface area contributed by atoms with Gasteiger partial charge in [-0.15, -0.1) is 0 Å². The number of phenolic OH excluding ortho intramolecular Hbond substituents is 1. The summed E-state index contributed by atoms with van der Waals surface area (Å²) in [5.41, 5.74) is 2.59. The molecule has 7 rings (SSSR count). The van der Waals surface area contributed by atoms with Gasteiger partial charge in [0.2, 0.25) is 0 Å². The van der Waals surface area contributed by atoms with Gasteiger partial charge in [-0.25, -0.2) is 0 Å². The number of ether oxygens (including phenoxy) is 2. The molecule has 0 unspecified atom stereocenters. The zero-order chi connectivity index (χ0) is 32.1. The minimum absolute atomic E-state index is 0.0592. The highest BCUT2D eigenvalue weighted by Crippen LogP contribution is 2.67. The summed E-state index contributed by atoms with van der Waals surface area (Å²) in [6.07, 6.45) is 2.97. The lowest BCUT2D eigenvalue weighted by Crippen LogP contribution is -2.79. The average molecular weight is 619 g/mol. The lowest BCUT2D eigenvalue weighted by molar-refractivity contribution is -0.224. The number of phenols is 1. The fourth-order valence-electron chi connectivity index (χ4n) is 9.02. The molecule has 1 amide bonds. The van der Waals surface area contributed by atoms with Crippen LogP contribution in [0, 0.1) is 17.8 Å². The second kappa shape index (κ2) is 11.8. The quantitative estimate of drug-likeness (QED) is 0.288. The normalized spacial score (nSPS) is 27.2. The Morgan fingerprint density at radius 1 is 1.07 bits per heavy atom. The monoisotopic (exact) mass is 618 g/mol. The van der Waals surface area contributed by atoms with Crippen LogP contribution in [0.25, 0.3) is 0 Å². The van der Waals surface area contributed by atoms with Gasteiger partial charge in [0.15, 0.2) is 11.5 Å². The smallest absolute Gasteiger partial charge is 0.303 e. The minimum atomic E-state index is -0.858. The van der Waals surface area contributed by atoms with E-state index in [0.29, 0.717) is 38.0 Å². The van der Waals surface area contributed by atoms with Crippen molar-refractivity contribution in [1.82, 2.24) is 9.80 Å². The predicted octanol–water partition coefficient (Wildman–Crippen LogP) is 5.26. The molecule has 2 aliphatic heterocycles. The lowest BCUT2D eigenvalue weighted by atomic mass is 9.48. The Hall–Kier alpha value is -4.28. The fraction of sp³-hybridized carbons (Fsp3) is 0.436. The first-order valence-electron chi connectivity index (χ1n) is 16.6. The number of esters is 1. The zero-order valence-corrected chi connectivity index (χ0v) is 26.9. The first-order chi connectivity index (χ1) is 22.2. The third-order valence-electron chi connectivity index (χ3n) is 10.7. The van der Waals surface area contributed by atoms with Crippen LogP contribution in [0.3, 0.4) is 0 Å². The van der Waals surface area contributed by atoms with Crippen LogP contribution in [0.15, 0.2) is 72.8 Å². The number of carbonyl (C=O) groups excluding carboxylic acids is 2. The van der Waals surface area contributed by atoms with Crippen molar-refractivity contribution in [1.29, 1.82) is 0 Å². The summed E-state index contributed by atoms with van der Waals surface area (Å²) in [4.78, 5) is 31.5. The molecule has 2 aliphatic carbocycles. The van der Waals surface area contributed by atoms with E-state index < -0.39 is 17.1 Å². The number of benzene rings is 3. The Bertz CT molecular complexity index is 1700. The van der Waals surface area contributed by atoms with Crippen LogP contribution >= 0.6 is 0 Å². The van der Waals surface area contributed by atoms with Crippen molar-refractivity contribution >= 4 is 11.9 Å². The van der Waals surface area contributed by atoms with Gasteiger partial charge in [-0.05, 0) is 73.9 Å². The number of nitrogens with zero attached hydrogens (tertiary/aromatic N) is 2. The fourth-order valence-corrected chi connectivity index (χ4v) is 9.02. The molecule has 0 aromatic heterocycles. The second-order valence-electron chi connectivity index (χ2n) is 13.8. The van der Waals surface area contributed by atoms with Crippen LogP contribution in [-0.4, -0.2) is 70.2 Å². The first kappa shape index (κ1) is 30.4. The van der Waals surface area contributed by atoms with E-state index in [-0.39, 0.29) is 35.6 Å². The van der Waals surface area contributed by atoms with Crippen molar-refractivity contribution in [3.63, 3.8) is 0 Å². The molecular formula is C39H42N2O5. The molecule has 2 heterocycles. The van der Waals surface area contributed by atoms with Crippen LogP contribution in [0.5, 0.6) is 11.5 Å². The van der Waals surface area contributed by atoms with Gasteiger partial charge >= 0.3 is 5.97 Å². The van der Waals surface area contributed by atoms with Crippen LogP contribution < -0.4 is 4.74 Å². The Kier molecular flexibility index (Phi) is 7.81. The van der Waals surface area contributed by atoms with E-state index in [1.165, 1.54) is 12.5 Å². The number of rotatable bonds is 7. The van der Waals surface area contributed by atoms with E-state index in [1.54, 1.807) is 6.07 Å². The van der Waals surface area contributed by atoms with Gasteiger partial charge in [-0.1, -0.05) is 74.4 Å². The summed E-state index contributed by atoms with van der Waals surface area (Å²) in [6, 6.07) is 23.4. The molecule has 4 aliphatic rings. The molecule has 2 bridgehead atoms. The molecule has 3 aromatic rings. The number of hydrogen-bond acceptors (Lipinski definition) is 6. The molecule has 2 fully saturated rings. The highest BCUT2D eigenvalue weighted by atomic mass is 16.6. The van der Waals surface area contributed by atoms with Gasteiger partial charge in [-0.2, -0.15) is 0 Å². The molecule has 1 N–H and O–H groups in total. The summed E-state index contributed by atoms with van der Waals surface area (Å²) in [6.45, 7) is 7.87. The van der Waals surface area contributed by atoms with Crippen LogP contribution in [0.4, 0.5) is 0 Å². The minimum Gasteiger partial charge on any atom is -0.504 e. The molecule has 5 atom stereocenters. The summed E-state index contributed by atoms with van der Waals surface area (Å²) in [7, 11) is 0. The standard InChI is InChI=1S/C39H42N2O5/c1-26(2)25-41(34(44)17-14-28-10-6-4-7-11-28)31-18-20-39(46-27(3)42)33-24-30-15-16-32(43)36-35(30)38(39,37(31)45-36)21-23-40(33)22-19-29-12-8-5-9-13-29/h4-13,15-16,26,31,33,37,43H,18-25H2,1-3H3/t31-,33+,37-,38-,39+/m0/s1. The number of likely N-dealkylation sites (tertiary alicyclic amines) is 1. The van der Waals surface area contributed by atoms with E-state index in [9.17, 15) is 14.7 Å². The average Bonchev–Trinajstić information content (AvgIpc) is 3.40. The molecule has 238 valence electrons. The van der Waals surface area contributed by atoms with Gasteiger partial charge in [0.25, 0.3) is 5.91 Å². The Morgan fingerprint density at radius 3 is 2.52 bits per heavy atom. The maximum absolute atomic E-state index is 14.0. The topological polar surface area (TPSA) is 79.3 Å². The Balaban J connectivity index is 1.31. The van der Waals surface area contributed by atoms with Crippen molar-refractivity contribution in [3.8, 4) is 23.3 Å². The summed E-state index contributed by atoms with van der Waals surface area (Å²) >= 11 is 0. The number of carbonyl (C=O) groups is 2. The van der Waals surface area contributed by atoms with E-state index in [1.807, 2.05) is 47.4 Å². The molecular weight excluding hydrogens is 576 g/mol. The first-order valence-corrected chi connectivity index (χ1v) is 16.6. The van der Waals surface area contributed by atoms with Crippen molar-refractivity contribution in [3.05, 3.63) is 95.1 Å². The van der Waals surface area contributed by atoms with E-state index in [0.717, 1.165) is 36.2 Å². The van der Waals surface area contributed by atoms with Gasteiger partial charge in [0.1, 0.15) is 11.7 Å². The molecule has 1 saturated heterocycles. The summed E-state index contributed by atoms with van der Waals surface area (Å²) < 4.78 is 13.5. The summed E-state index contributed by atoms with van der Waals surface area (Å²) in [5.74, 6) is 6.21.